The van der Waals surface area contributed by atoms with E-state index in [1.807, 2.05) is 24.3 Å². The second-order valence-electron chi connectivity index (χ2n) is 13.9. The Morgan fingerprint density at radius 3 is 1.75 bits per heavy atom. The number of esters is 2. The average molecular weight is 675 g/mol. The Morgan fingerprint density at radius 1 is 0.812 bits per heavy atom. The maximum Gasteiger partial charge on any atom is 0.333 e. The van der Waals surface area contributed by atoms with Gasteiger partial charge in [0.25, 0.3) is 0 Å². The minimum Gasteiger partial charge on any atom is -0.507 e. The molecule has 1 fully saturated rings. The van der Waals surface area contributed by atoms with Crippen LogP contribution in [0.25, 0.3) is 22.3 Å². The molecule has 1 aliphatic carbocycles. The Bertz CT molecular complexity index is 1620. The summed E-state index contributed by atoms with van der Waals surface area (Å²) in [4.78, 5) is 24.1. The number of ether oxygens (including phenoxy) is 2. The lowest BCUT2D eigenvalue weighted by atomic mass is 9.83. The first-order valence-electron chi connectivity index (χ1n) is 16.8. The largest absolute Gasteiger partial charge is 0.507 e. The van der Waals surface area contributed by atoms with E-state index in [4.69, 9.17) is 9.47 Å². The fraction of sp³-hybridized carbons (Fsp3) is 0.400. The summed E-state index contributed by atoms with van der Waals surface area (Å²) in [5.74, 6) is -3.23. The summed E-state index contributed by atoms with van der Waals surface area (Å²) in [5.41, 5.74) is 3.56. The Balaban J connectivity index is 1.57. The Morgan fingerprint density at radius 2 is 1.29 bits per heavy atom. The van der Waals surface area contributed by atoms with Crippen LogP contribution in [0.4, 0.5) is 8.78 Å². The van der Waals surface area contributed by atoms with Crippen molar-refractivity contribution in [2.24, 2.45) is 0 Å². The first-order valence-corrected chi connectivity index (χ1v) is 20.1. The maximum absolute atomic E-state index is 15.8. The summed E-state index contributed by atoms with van der Waals surface area (Å²) >= 11 is 0. The summed E-state index contributed by atoms with van der Waals surface area (Å²) in [6, 6.07) is 15.1. The molecule has 4 rings (SSSR count). The molecule has 0 bridgehead atoms. The number of benzene rings is 3. The van der Waals surface area contributed by atoms with E-state index in [0.717, 1.165) is 5.54 Å². The number of unbranched alkanes of at least 4 members (excludes halogenated alkanes) is 1. The number of aromatic hydroxyl groups is 1. The molecule has 0 spiro atoms. The van der Waals surface area contributed by atoms with E-state index < -0.39 is 31.6 Å². The zero-order chi connectivity index (χ0) is 35.2. The van der Waals surface area contributed by atoms with Gasteiger partial charge in [0.05, 0.1) is 8.07 Å². The van der Waals surface area contributed by atoms with Gasteiger partial charge in [-0.2, -0.15) is 0 Å². The fourth-order valence-electron chi connectivity index (χ4n) is 6.64. The first-order chi connectivity index (χ1) is 22.7. The number of carbonyl (C=O) groups is 2. The van der Waals surface area contributed by atoms with Crippen molar-refractivity contribution in [1.29, 1.82) is 0 Å². The topological polar surface area (TPSA) is 72.8 Å². The van der Waals surface area contributed by atoms with Gasteiger partial charge in [-0.05, 0) is 67.0 Å². The predicted molar refractivity (Wildman–Crippen MR) is 190 cm³/mol. The highest BCUT2D eigenvalue weighted by Crippen LogP contribution is 2.45. The van der Waals surface area contributed by atoms with Gasteiger partial charge in [-0.1, -0.05) is 101 Å². The van der Waals surface area contributed by atoms with Crippen LogP contribution in [-0.2, 0) is 32.3 Å². The monoisotopic (exact) mass is 674 g/mol. The van der Waals surface area contributed by atoms with Crippen molar-refractivity contribution in [1.82, 2.24) is 0 Å². The lowest BCUT2D eigenvalue weighted by Gasteiger charge is -2.38. The van der Waals surface area contributed by atoms with Gasteiger partial charge in [-0.25, -0.2) is 18.4 Å². The van der Waals surface area contributed by atoms with Crippen LogP contribution in [0.15, 0.2) is 72.8 Å². The summed E-state index contributed by atoms with van der Waals surface area (Å²) in [7, 11) is -1.22. The van der Waals surface area contributed by atoms with Crippen molar-refractivity contribution in [3.05, 3.63) is 101 Å². The zero-order valence-electron chi connectivity index (χ0n) is 28.9. The van der Waals surface area contributed by atoms with Crippen molar-refractivity contribution in [2.45, 2.75) is 103 Å². The van der Waals surface area contributed by atoms with Gasteiger partial charge in [0, 0.05) is 33.4 Å². The van der Waals surface area contributed by atoms with Crippen LogP contribution in [0.2, 0.25) is 24.7 Å². The molecule has 1 aliphatic rings. The van der Waals surface area contributed by atoms with E-state index in [9.17, 15) is 14.7 Å². The predicted octanol–water partition coefficient (Wildman–Crippen LogP) is 10.8. The van der Waals surface area contributed by atoms with Crippen LogP contribution in [-0.4, -0.2) is 25.1 Å². The highest BCUT2D eigenvalue weighted by atomic mass is 28.3. The summed E-state index contributed by atoms with van der Waals surface area (Å²) in [6.45, 7) is 16.7. The summed E-state index contributed by atoms with van der Waals surface area (Å²) in [6.07, 6.45) is 7.45. The molecule has 5 nitrogen and oxygen atoms in total. The number of halogens is 2. The van der Waals surface area contributed by atoms with E-state index >= 15 is 8.78 Å². The quantitative estimate of drug-likeness (QED) is 0.111. The third-order valence-electron chi connectivity index (χ3n) is 9.78. The van der Waals surface area contributed by atoms with Crippen LogP contribution in [0, 0.1) is 11.6 Å². The SMILES string of the molecule is C=C(C)C(=O)OCc1cc(-c2ccc(-c3ccc(C4CCC([Si](C)(C)CCCC)CC4)cc3)c(F)c2F)cc(COC(=O)C(=C)C)c1O. The van der Waals surface area contributed by atoms with Crippen LogP contribution < -0.4 is 0 Å². The van der Waals surface area contributed by atoms with Crippen LogP contribution in [0.3, 0.4) is 0 Å². The fourth-order valence-corrected chi connectivity index (χ4v) is 10.2. The van der Waals surface area contributed by atoms with Crippen molar-refractivity contribution in [3.63, 3.8) is 0 Å². The van der Waals surface area contributed by atoms with Crippen molar-refractivity contribution < 1.29 is 33.0 Å². The standard InChI is InChI=1S/C40H48F2O5Si/c1-8-9-20-48(6,7)33-16-14-28(15-17-33)27-10-12-29(13-11-27)34-18-19-35(37(42)36(34)41)30-21-31(23-46-39(44)25(2)3)38(43)32(22-30)24-47-40(45)26(4)5/h10-13,18-19,21-22,28,33,43H,2,4,8-9,14-17,20,23-24H2,1,3,5-7H3. The number of carbonyl (C=O) groups excluding carboxylic acids is 2. The molecule has 1 saturated carbocycles. The molecule has 0 atom stereocenters. The molecular formula is C40H48F2O5Si. The molecule has 0 radical (unpaired) electrons. The lowest BCUT2D eigenvalue weighted by molar-refractivity contribution is -0.140. The molecule has 0 heterocycles. The number of rotatable bonds is 13. The molecule has 3 aromatic rings. The second kappa shape index (κ2) is 15.9. The van der Waals surface area contributed by atoms with E-state index in [-0.39, 0.29) is 57.9 Å². The van der Waals surface area contributed by atoms with Crippen molar-refractivity contribution in [3.8, 4) is 28.0 Å². The van der Waals surface area contributed by atoms with Gasteiger partial charge >= 0.3 is 11.9 Å². The molecule has 0 aromatic heterocycles. The summed E-state index contributed by atoms with van der Waals surface area (Å²) in [5, 5.41) is 10.9. The van der Waals surface area contributed by atoms with Gasteiger partial charge in [0.2, 0.25) is 0 Å². The molecule has 8 heteroatoms. The van der Waals surface area contributed by atoms with Gasteiger partial charge in [-0.15, -0.1) is 0 Å². The molecule has 0 amide bonds. The van der Waals surface area contributed by atoms with Crippen LogP contribution in [0.1, 0.15) is 81.9 Å². The minimum atomic E-state index is -1.22. The van der Waals surface area contributed by atoms with Crippen molar-refractivity contribution >= 4 is 20.0 Å². The smallest absolute Gasteiger partial charge is 0.333 e. The number of hydrogen-bond donors (Lipinski definition) is 1. The molecule has 0 unspecified atom stereocenters. The highest BCUT2D eigenvalue weighted by Gasteiger charge is 2.34. The van der Waals surface area contributed by atoms with E-state index in [0.29, 0.717) is 11.5 Å². The maximum atomic E-state index is 15.8. The number of phenols is 1. The van der Waals surface area contributed by atoms with E-state index in [1.165, 1.54) is 88.2 Å². The third-order valence-corrected chi connectivity index (χ3v) is 14.2. The molecule has 1 N–H and O–H groups in total. The Labute approximate surface area is 284 Å². The molecule has 0 aliphatic heterocycles. The van der Waals surface area contributed by atoms with E-state index in [1.54, 1.807) is 0 Å². The molecule has 0 saturated heterocycles. The van der Waals surface area contributed by atoms with Crippen molar-refractivity contribution in [2.75, 3.05) is 0 Å². The highest BCUT2D eigenvalue weighted by molar-refractivity contribution is 6.78. The minimum absolute atomic E-state index is 0.0602. The molecule has 256 valence electrons. The van der Waals surface area contributed by atoms with Crippen LogP contribution in [0.5, 0.6) is 5.75 Å². The van der Waals surface area contributed by atoms with E-state index in [2.05, 4.69) is 33.2 Å². The Hall–Kier alpha value is -4.04. The van der Waals surface area contributed by atoms with Gasteiger partial charge in [0.1, 0.15) is 19.0 Å². The zero-order valence-corrected chi connectivity index (χ0v) is 29.9. The second-order valence-corrected chi connectivity index (χ2v) is 19.2. The summed E-state index contributed by atoms with van der Waals surface area (Å²) < 4.78 is 41.9. The molecule has 3 aromatic carbocycles. The first kappa shape index (κ1) is 36.8. The van der Waals surface area contributed by atoms with Gasteiger partial charge in [-0.3, -0.25) is 0 Å². The van der Waals surface area contributed by atoms with Gasteiger partial charge in [0.15, 0.2) is 11.6 Å². The average Bonchev–Trinajstić information content (AvgIpc) is 3.07. The van der Waals surface area contributed by atoms with Crippen LogP contribution >= 0.6 is 0 Å². The third kappa shape index (κ3) is 8.70. The molecule has 48 heavy (non-hydrogen) atoms. The number of hydrogen-bond acceptors (Lipinski definition) is 5. The lowest BCUT2D eigenvalue weighted by Crippen LogP contribution is -2.34. The Kier molecular flexibility index (Phi) is 12.2. The molecular weight excluding hydrogens is 627 g/mol. The normalized spacial score (nSPS) is 16.3. The number of phenolic OH excluding ortho intramolecular Hbond substituents is 1. The van der Waals surface area contributed by atoms with Gasteiger partial charge < -0.3 is 14.6 Å².